The van der Waals surface area contributed by atoms with Crippen LogP contribution in [0.2, 0.25) is 0 Å². The van der Waals surface area contributed by atoms with Gasteiger partial charge in [-0.2, -0.15) is 0 Å². The van der Waals surface area contributed by atoms with Crippen molar-refractivity contribution in [2.45, 2.75) is 64.1 Å². The number of aromatic nitrogens is 4. The summed E-state index contributed by atoms with van der Waals surface area (Å²) in [5.74, 6) is -1.09. The Morgan fingerprint density at radius 3 is 2.51 bits per heavy atom. The maximum atomic E-state index is 13.4. The zero-order valence-corrected chi connectivity index (χ0v) is 34.0. The number of ether oxygens (including phenoxy) is 1. The molecule has 9 rings (SSSR count). The molecular formula is C45H45N9O7. The van der Waals surface area contributed by atoms with E-state index in [1.165, 1.54) is 0 Å². The van der Waals surface area contributed by atoms with E-state index in [1.54, 1.807) is 49.3 Å². The highest BCUT2D eigenvalue weighted by Gasteiger charge is 2.45. The SMILES string of the molecule is CC(=O)N1CCn2c(C3CCOCC3)nc(-c3cccc4cc(-c5ccc(C(=O)N(C)CCCNc6cccc7c6C(=O)N(C6CCC(=O)NC6=O)C7=O)nc5)ncc34)c2C1. The second kappa shape index (κ2) is 16.3. The van der Waals surface area contributed by atoms with Gasteiger partial charge >= 0.3 is 0 Å². The third kappa shape index (κ3) is 7.41. The number of pyridine rings is 2. The molecule has 4 aliphatic rings. The first-order valence-corrected chi connectivity index (χ1v) is 20.7. The Labute approximate surface area is 351 Å². The Morgan fingerprint density at radius 1 is 0.934 bits per heavy atom. The fraction of sp³-hybridized carbons (Fsp3) is 0.356. The summed E-state index contributed by atoms with van der Waals surface area (Å²) in [6.07, 6.45) is 5.99. The summed E-state index contributed by atoms with van der Waals surface area (Å²) < 4.78 is 7.97. The van der Waals surface area contributed by atoms with Crippen LogP contribution in [-0.4, -0.2) is 116 Å². The van der Waals surface area contributed by atoms with Crippen molar-refractivity contribution >= 4 is 51.9 Å². The molecule has 0 aliphatic carbocycles. The highest BCUT2D eigenvalue weighted by Crippen LogP contribution is 2.38. The van der Waals surface area contributed by atoms with Gasteiger partial charge in [-0.25, -0.2) is 4.98 Å². The number of hydrogen-bond acceptors (Lipinski definition) is 11. The van der Waals surface area contributed by atoms with Crippen molar-refractivity contribution in [3.8, 4) is 22.5 Å². The number of carbonyl (C=O) groups excluding carboxylic acids is 6. The molecule has 4 aliphatic heterocycles. The third-order valence-electron chi connectivity index (χ3n) is 12.2. The summed E-state index contributed by atoms with van der Waals surface area (Å²) in [5.41, 5.74) is 5.47. The fourth-order valence-electron chi connectivity index (χ4n) is 8.85. The zero-order chi connectivity index (χ0) is 42.4. The molecule has 7 heterocycles. The van der Waals surface area contributed by atoms with Crippen LogP contribution in [0.5, 0.6) is 0 Å². The van der Waals surface area contributed by atoms with Crippen LogP contribution in [0.25, 0.3) is 33.3 Å². The Morgan fingerprint density at radius 2 is 1.74 bits per heavy atom. The van der Waals surface area contributed by atoms with E-state index in [0.717, 1.165) is 56.9 Å². The third-order valence-corrected chi connectivity index (χ3v) is 12.2. The number of amides is 6. The van der Waals surface area contributed by atoms with Crippen molar-refractivity contribution < 1.29 is 33.5 Å². The predicted molar refractivity (Wildman–Crippen MR) is 223 cm³/mol. The van der Waals surface area contributed by atoms with E-state index in [4.69, 9.17) is 14.7 Å². The van der Waals surface area contributed by atoms with Crippen LogP contribution in [-0.2, 0) is 32.2 Å². The van der Waals surface area contributed by atoms with E-state index in [0.29, 0.717) is 69.7 Å². The van der Waals surface area contributed by atoms with Gasteiger partial charge in [0.05, 0.1) is 34.8 Å². The van der Waals surface area contributed by atoms with Crippen molar-refractivity contribution in [2.24, 2.45) is 0 Å². The Kier molecular flexibility index (Phi) is 10.6. The lowest BCUT2D eigenvalue weighted by molar-refractivity contribution is -0.136. The summed E-state index contributed by atoms with van der Waals surface area (Å²) in [5, 5.41) is 7.36. The quantitative estimate of drug-likeness (QED) is 0.150. The van der Waals surface area contributed by atoms with Gasteiger partial charge in [0, 0.05) is 100 Å². The van der Waals surface area contributed by atoms with E-state index in [1.807, 2.05) is 35.4 Å². The summed E-state index contributed by atoms with van der Waals surface area (Å²) in [6, 6.07) is 15.5. The molecule has 5 aromatic rings. The fourth-order valence-corrected chi connectivity index (χ4v) is 8.85. The summed E-state index contributed by atoms with van der Waals surface area (Å²) in [6.45, 7) is 5.69. The van der Waals surface area contributed by atoms with Crippen LogP contribution < -0.4 is 10.6 Å². The summed E-state index contributed by atoms with van der Waals surface area (Å²) >= 11 is 0. The number of carbonyl (C=O) groups is 6. The van der Waals surface area contributed by atoms with Gasteiger partial charge in [-0.3, -0.25) is 49.0 Å². The van der Waals surface area contributed by atoms with E-state index in [9.17, 15) is 28.8 Å². The van der Waals surface area contributed by atoms with Gasteiger partial charge in [0.1, 0.15) is 17.6 Å². The molecule has 6 amide bonds. The molecule has 2 N–H and O–H groups in total. The predicted octanol–water partition coefficient (Wildman–Crippen LogP) is 4.39. The van der Waals surface area contributed by atoms with Gasteiger partial charge in [-0.05, 0) is 61.4 Å². The minimum absolute atomic E-state index is 0.0437. The van der Waals surface area contributed by atoms with Crippen LogP contribution >= 0.6 is 0 Å². The number of benzene rings is 2. The minimum Gasteiger partial charge on any atom is -0.384 e. The molecule has 0 spiro atoms. The van der Waals surface area contributed by atoms with Crippen molar-refractivity contribution in [1.29, 1.82) is 0 Å². The van der Waals surface area contributed by atoms with Crippen LogP contribution in [0.1, 0.15) is 87.7 Å². The lowest BCUT2D eigenvalue weighted by Gasteiger charge is -2.30. The molecule has 2 saturated heterocycles. The molecule has 1 atom stereocenters. The van der Waals surface area contributed by atoms with Crippen LogP contribution in [0.4, 0.5) is 5.69 Å². The lowest BCUT2D eigenvalue weighted by atomic mass is 9.99. The summed E-state index contributed by atoms with van der Waals surface area (Å²) in [4.78, 5) is 95.5. The zero-order valence-electron chi connectivity index (χ0n) is 34.0. The van der Waals surface area contributed by atoms with Crippen molar-refractivity contribution in [3.05, 3.63) is 95.3 Å². The second-order valence-corrected chi connectivity index (χ2v) is 16.0. The molecule has 312 valence electrons. The van der Waals surface area contributed by atoms with Crippen molar-refractivity contribution in [2.75, 3.05) is 45.2 Å². The van der Waals surface area contributed by atoms with E-state index >= 15 is 0 Å². The first-order chi connectivity index (χ1) is 29.6. The molecular weight excluding hydrogens is 779 g/mol. The van der Waals surface area contributed by atoms with Gasteiger partial charge in [0.25, 0.3) is 17.7 Å². The van der Waals surface area contributed by atoms with Gasteiger partial charge < -0.3 is 24.4 Å². The number of imidazole rings is 1. The van der Waals surface area contributed by atoms with Gasteiger partial charge in [0.15, 0.2) is 0 Å². The molecule has 2 aromatic carbocycles. The topological polar surface area (TPSA) is 189 Å². The van der Waals surface area contributed by atoms with Crippen LogP contribution in [0, 0.1) is 0 Å². The van der Waals surface area contributed by atoms with E-state index < -0.39 is 29.7 Å². The standard InChI is InChI=1S/C45H45N9O7/c1-26(55)52-18-19-53-37(25-52)40(50-41(53)27-14-20-61-21-15-27)30-7-3-6-28-22-35(48-24-32(28)30)29-10-11-34(47-23-29)44(59)51(2)17-5-16-46-33-9-4-8-31-39(33)45(60)54(43(31)58)36-12-13-38(56)49-42(36)57/h3-4,6-11,22-24,27,36,46H,5,12-21,25H2,1-2H3,(H,49,56,57). The van der Waals surface area contributed by atoms with Crippen LogP contribution in [0.3, 0.4) is 0 Å². The molecule has 2 fully saturated rings. The highest BCUT2D eigenvalue weighted by molar-refractivity contribution is 6.25. The Balaban J connectivity index is 0.853. The monoisotopic (exact) mass is 823 g/mol. The number of rotatable bonds is 10. The minimum atomic E-state index is -1.05. The van der Waals surface area contributed by atoms with E-state index in [2.05, 4.69) is 26.3 Å². The van der Waals surface area contributed by atoms with Gasteiger partial charge in [0.2, 0.25) is 17.7 Å². The van der Waals surface area contributed by atoms with Crippen molar-refractivity contribution in [1.82, 2.24) is 39.5 Å². The number of nitrogens with zero attached hydrogens (tertiary/aromatic N) is 7. The lowest BCUT2D eigenvalue weighted by Crippen LogP contribution is -2.54. The summed E-state index contributed by atoms with van der Waals surface area (Å²) in [7, 11) is 1.70. The van der Waals surface area contributed by atoms with Crippen LogP contribution in [0.15, 0.2) is 67.0 Å². The average molecular weight is 824 g/mol. The molecule has 0 bridgehead atoms. The van der Waals surface area contributed by atoms with E-state index in [-0.39, 0.29) is 41.5 Å². The first kappa shape index (κ1) is 39.6. The Bertz CT molecular complexity index is 2620. The highest BCUT2D eigenvalue weighted by atomic mass is 16.5. The maximum Gasteiger partial charge on any atom is 0.272 e. The molecule has 61 heavy (non-hydrogen) atoms. The second-order valence-electron chi connectivity index (χ2n) is 16.0. The number of fused-ring (bicyclic) bond motifs is 3. The average Bonchev–Trinajstić information content (AvgIpc) is 3.78. The molecule has 1 unspecified atom stereocenters. The number of imide groups is 2. The van der Waals surface area contributed by atoms with Crippen molar-refractivity contribution in [3.63, 3.8) is 0 Å². The van der Waals surface area contributed by atoms with Gasteiger partial charge in [-0.1, -0.05) is 24.3 Å². The molecule has 0 radical (unpaired) electrons. The smallest absolute Gasteiger partial charge is 0.272 e. The number of piperidine rings is 1. The molecule has 16 heteroatoms. The molecule has 3 aromatic heterocycles. The van der Waals surface area contributed by atoms with Gasteiger partial charge in [-0.15, -0.1) is 0 Å². The number of hydrogen-bond donors (Lipinski definition) is 2. The maximum absolute atomic E-state index is 13.4. The first-order valence-electron chi connectivity index (χ1n) is 20.7. The molecule has 0 saturated carbocycles. The Hall–Kier alpha value is -6.81. The number of anilines is 1. The molecule has 16 nitrogen and oxygen atoms in total. The normalized spacial score (nSPS) is 18.0. The number of nitrogens with one attached hydrogen (secondary N) is 2. The largest absolute Gasteiger partial charge is 0.384 e.